The lowest BCUT2D eigenvalue weighted by molar-refractivity contribution is -0.127. The lowest BCUT2D eigenvalue weighted by atomic mass is 9.78. The summed E-state index contributed by atoms with van der Waals surface area (Å²) in [4.78, 5) is 13.1. The van der Waals surface area contributed by atoms with Crippen LogP contribution in [0.2, 0.25) is 0 Å². The topological polar surface area (TPSA) is 38.3 Å². The normalized spacial score (nSPS) is 16.9. The van der Waals surface area contributed by atoms with Gasteiger partial charge in [0.1, 0.15) is 12.4 Å². The first-order chi connectivity index (χ1) is 12.5. The van der Waals surface area contributed by atoms with Crippen LogP contribution in [0.4, 0.5) is 0 Å². The van der Waals surface area contributed by atoms with Crippen LogP contribution in [0.1, 0.15) is 49.3 Å². The highest BCUT2D eigenvalue weighted by atomic mass is 16.5. The molecule has 1 aliphatic carbocycles. The number of hydrogen-bond acceptors (Lipinski definition) is 2. The van der Waals surface area contributed by atoms with Crippen molar-refractivity contribution >= 4 is 5.91 Å². The van der Waals surface area contributed by atoms with Crippen LogP contribution in [0.25, 0.3) is 0 Å². The molecule has 1 aliphatic rings. The van der Waals surface area contributed by atoms with E-state index >= 15 is 0 Å². The Bertz CT molecular complexity index is 748. The third-order valence-electron chi connectivity index (χ3n) is 5.57. The van der Waals surface area contributed by atoms with Gasteiger partial charge in [-0.3, -0.25) is 4.79 Å². The summed E-state index contributed by atoms with van der Waals surface area (Å²) in [6.45, 7) is 6.65. The number of amides is 1. The number of carbonyl (C=O) groups is 1. The van der Waals surface area contributed by atoms with Crippen molar-refractivity contribution in [2.24, 2.45) is 0 Å². The molecule has 138 valence electrons. The fourth-order valence-electron chi connectivity index (χ4n) is 3.81. The molecule has 0 bridgehead atoms. The number of hydrogen-bond donors (Lipinski definition) is 1. The van der Waals surface area contributed by atoms with Gasteiger partial charge in [0.05, 0.1) is 11.5 Å². The molecule has 3 rings (SSSR count). The van der Waals surface area contributed by atoms with Crippen LogP contribution in [-0.4, -0.2) is 18.6 Å². The summed E-state index contributed by atoms with van der Waals surface area (Å²) in [6.07, 6.45) is 4.06. The highest BCUT2D eigenvalue weighted by Gasteiger charge is 2.42. The minimum absolute atomic E-state index is 0.0368. The molecule has 3 heteroatoms. The molecular weight excluding hydrogens is 322 g/mol. The van der Waals surface area contributed by atoms with Crippen molar-refractivity contribution in [2.75, 3.05) is 6.61 Å². The van der Waals surface area contributed by atoms with Gasteiger partial charge in [0.25, 0.3) is 0 Å². The van der Waals surface area contributed by atoms with Gasteiger partial charge in [0.2, 0.25) is 5.91 Å². The Morgan fingerprint density at radius 1 is 1.08 bits per heavy atom. The molecule has 2 aromatic rings. The molecule has 1 atom stereocenters. The van der Waals surface area contributed by atoms with Crippen molar-refractivity contribution < 1.29 is 9.53 Å². The summed E-state index contributed by atoms with van der Waals surface area (Å²) in [6, 6.07) is 16.3. The Labute approximate surface area is 156 Å². The molecule has 0 saturated heterocycles. The molecular formula is C23H29NO2. The van der Waals surface area contributed by atoms with E-state index in [1.54, 1.807) is 0 Å². The number of nitrogens with one attached hydrogen (secondary N) is 1. The van der Waals surface area contributed by atoms with E-state index in [0.717, 1.165) is 37.0 Å². The van der Waals surface area contributed by atoms with E-state index in [1.807, 2.05) is 37.3 Å². The zero-order valence-corrected chi connectivity index (χ0v) is 16.0. The van der Waals surface area contributed by atoms with E-state index in [9.17, 15) is 4.79 Å². The van der Waals surface area contributed by atoms with Crippen molar-refractivity contribution in [1.29, 1.82) is 0 Å². The third-order valence-corrected chi connectivity index (χ3v) is 5.57. The van der Waals surface area contributed by atoms with Crippen molar-refractivity contribution in [3.8, 4) is 5.75 Å². The summed E-state index contributed by atoms with van der Waals surface area (Å²) in [7, 11) is 0. The summed E-state index contributed by atoms with van der Waals surface area (Å²) in [5.74, 6) is 0.991. The molecule has 1 fully saturated rings. The number of carbonyl (C=O) groups excluding carboxylic acids is 1. The minimum Gasteiger partial charge on any atom is -0.491 e. The lowest BCUT2D eigenvalue weighted by Crippen LogP contribution is -2.47. The van der Waals surface area contributed by atoms with E-state index in [4.69, 9.17) is 4.74 Å². The second-order valence-electron chi connectivity index (χ2n) is 7.59. The van der Waals surface area contributed by atoms with Crippen molar-refractivity contribution in [2.45, 2.75) is 57.9 Å². The lowest BCUT2D eigenvalue weighted by Gasteiger charge is -2.30. The van der Waals surface area contributed by atoms with Gasteiger partial charge in [0, 0.05) is 0 Å². The zero-order valence-electron chi connectivity index (χ0n) is 16.0. The highest BCUT2D eigenvalue weighted by Crippen LogP contribution is 2.41. The molecule has 0 aromatic heterocycles. The SMILES string of the molecule is Cc1ccc(OC[C@@H](C)NC(=O)C2(c3ccccc3)CCCC2)cc1C. The Hall–Kier alpha value is -2.29. The van der Waals surface area contributed by atoms with Crippen molar-refractivity contribution in [1.82, 2.24) is 5.32 Å². The zero-order chi connectivity index (χ0) is 18.6. The average Bonchev–Trinajstić information content (AvgIpc) is 3.15. The molecule has 3 nitrogen and oxygen atoms in total. The Balaban J connectivity index is 1.63. The molecule has 0 aliphatic heterocycles. The van der Waals surface area contributed by atoms with Gasteiger partial charge in [-0.25, -0.2) is 0 Å². The Morgan fingerprint density at radius 3 is 2.42 bits per heavy atom. The largest absolute Gasteiger partial charge is 0.491 e. The van der Waals surface area contributed by atoms with Gasteiger partial charge in [-0.15, -0.1) is 0 Å². The smallest absolute Gasteiger partial charge is 0.230 e. The van der Waals surface area contributed by atoms with Gasteiger partial charge in [-0.1, -0.05) is 49.2 Å². The molecule has 0 unspecified atom stereocenters. The summed E-state index contributed by atoms with van der Waals surface area (Å²) < 4.78 is 5.89. The van der Waals surface area contributed by atoms with Gasteiger partial charge in [-0.2, -0.15) is 0 Å². The van der Waals surface area contributed by atoms with Crippen LogP contribution in [0, 0.1) is 13.8 Å². The number of aryl methyl sites for hydroxylation is 2. The van der Waals surface area contributed by atoms with Gasteiger partial charge in [0.15, 0.2) is 0 Å². The van der Waals surface area contributed by atoms with Crippen LogP contribution >= 0.6 is 0 Å². The third kappa shape index (κ3) is 3.92. The first-order valence-corrected chi connectivity index (χ1v) is 9.58. The second kappa shape index (κ2) is 7.94. The Morgan fingerprint density at radius 2 is 1.77 bits per heavy atom. The van der Waals surface area contributed by atoms with Crippen molar-refractivity contribution in [3.05, 3.63) is 65.2 Å². The first kappa shape index (κ1) is 18.5. The van der Waals surface area contributed by atoms with Crippen LogP contribution in [0.3, 0.4) is 0 Å². The van der Waals surface area contributed by atoms with E-state index in [-0.39, 0.29) is 17.4 Å². The van der Waals surface area contributed by atoms with Crippen LogP contribution in [0.5, 0.6) is 5.75 Å². The molecule has 1 saturated carbocycles. The number of ether oxygens (including phenoxy) is 1. The standard InChI is InChI=1S/C23H29NO2/c1-17-11-12-21(15-18(17)2)26-16-19(3)24-22(25)23(13-7-8-14-23)20-9-5-4-6-10-20/h4-6,9-12,15,19H,7-8,13-14,16H2,1-3H3,(H,24,25)/t19-/m1/s1. The maximum absolute atomic E-state index is 13.1. The molecule has 1 amide bonds. The van der Waals surface area contributed by atoms with E-state index < -0.39 is 0 Å². The van der Waals surface area contributed by atoms with Gasteiger partial charge < -0.3 is 10.1 Å². The fourth-order valence-corrected chi connectivity index (χ4v) is 3.81. The van der Waals surface area contributed by atoms with Crippen LogP contribution in [-0.2, 0) is 10.2 Å². The maximum Gasteiger partial charge on any atom is 0.230 e. The minimum atomic E-state index is -0.379. The molecule has 0 heterocycles. The Kier molecular flexibility index (Phi) is 5.65. The van der Waals surface area contributed by atoms with E-state index in [2.05, 4.69) is 37.4 Å². The van der Waals surface area contributed by atoms with E-state index in [1.165, 1.54) is 11.1 Å². The maximum atomic E-state index is 13.1. The number of rotatable bonds is 6. The second-order valence-corrected chi connectivity index (χ2v) is 7.59. The summed E-state index contributed by atoms with van der Waals surface area (Å²) in [5, 5.41) is 3.19. The molecule has 2 aromatic carbocycles. The van der Waals surface area contributed by atoms with Gasteiger partial charge >= 0.3 is 0 Å². The van der Waals surface area contributed by atoms with Gasteiger partial charge in [-0.05, 0) is 62.4 Å². The fraction of sp³-hybridized carbons (Fsp3) is 0.435. The van der Waals surface area contributed by atoms with E-state index in [0.29, 0.717) is 6.61 Å². The van der Waals surface area contributed by atoms with Crippen molar-refractivity contribution in [3.63, 3.8) is 0 Å². The molecule has 0 radical (unpaired) electrons. The predicted molar refractivity (Wildman–Crippen MR) is 106 cm³/mol. The van der Waals surface area contributed by atoms with Crippen LogP contribution < -0.4 is 10.1 Å². The number of benzene rings is 2. The average molecular weight is 351 g/mol. The molecule has 0 spiro atoms. The quantitative estimate of drug-likeness (QED) is 0.819. The summed E-state index contributed by atoms with van der Waals surface area (Å²) >= 11 is 0. The first-order valence-electron chi connectivity index (χ1n) is 9.58. The molecule has 26 heavy (non-hydrogen) atoms. The summed E-state index contributed by atoms with van der Waals surface area (Å²) in [5.41, 5.74) is 3.23. The highest BCUT2D eigenvalue weighted by molar-refractivity contribution is 5.88. The van der Waals surface area contributed by atoms with Crippen LogP contribution in [0.15, 0.2) is 48.5 Å². The molecule has 1 N–H and O–H groups in total. The monoisotopic (exact) mass is 351 g/mol. The predicted octanol–water partition coefficient (Wildman–Crippen LogP) is 4.70.